The second kappa shape index (κ2) is 5.74. The maximum absolute atomic E-state index is 12.1. The second-order valence-electron chi connectivity index (χ2n) is 4.75. The van der Waals surface area contributed by atoms with Gasteiger partial charge in [-0.1, -0.05) is 12.1 Å². The summed E-state index contributed by atoms with van der Waals surface area (Å²) >= 11 is 0. The van der Waals surface area contributed by atoms with Crippen molar-refractivity contribution in [1.82, 2.24) is 9.29 Å². The van der Waals surface area contributed by atoms with Gasteiger partial charge in [-0.3, -0.25) is 4.79 Å². The highest BCUT2D eigenvalue weighted by molar-refractivity contribution is 7.89. The summed E-state index contributed by atoms with van der Waals surface area (Å²) in [5, 5.41) is 8.98. The van der Waals surface area contributed by atoms with Crippen molar-refractivity contribution < 1.29 is 18.3 Å². The molecule has 2 rings (SSSR count). The smallest absolute Gasteiger partial charge is 0.337 e. The molecule has 0 amide bonds. The minimum atomic E-state index is -3.64. The third-order valence-corrected chi connectivity index (χ3v) is 4.88. The van der Waals surface area contributed by atoms with Gasteiger partial charge in [0.15, 0.2) is 0 Å². The molecule has 0 bridgehead atoms. The summed E-state index contributed by atoms with van der Waals surface area (Å²) in [6, 6.07) is 7.01. The van der Waals surface area contributed by atoms with Gasteiger partial charge in [0.05, 0.1) is 10.5 Å². The number of H-pyrrole nitrogens is 1. The van der Waals surface area contributed by atoms with Gasteiger partial charge in [0.25, 0.3) is 5.56 Å². The van der Waals surface area contributed by atoms with Crippen molar-refractivity contribution in [2.75, 3.05) is 14.1 Å². The first-order valence-electron chi connectivity index (χ1n) is 6.22. The fourth-order valence-corrected chi connectivity index (χ4v) is 2.80. The van der Waals surface area contributed by atoms with Crippen molar-refractivity contribution in [1.29, 1.82) is 0 Å². The van der Waals surface area contributed by atoms with Crippen LogP contribution in [0.5, 0.6) is 0 Å². The van der Waals surface area contributed by atoms with Gasteiger partial charge in [-0.15, -0.1) is 0 Å². The molecule has 0 unspecified atom stereocenters. The number of hydrogen-bond acceptors (Lipinski definition) is 4. The zero-order valence-electron chi connectivity index (χ0n) is 11.9. The number of nitrogens with zero attached hydrogens (tertiary/aromatic N) is 1. The van der Waals surface area contributed by atoms with Gasteiger partial charge in [0, 0.05) is 25.9 Å². The molecule has 1 heterocycles. The van der Waals surface area contributed by atoms with Crippen molar-refractivity contribution in [2.45, 2.75) is 4.90 Å². The molecule has 0 fully saturated rings. The Bertz CT molecular complexity index is 884. The van der Waals surface area contributed by atoms with E-state index in [1.54, 1.807) is 6.07 Å². The lowest BCUT2D eigenvalue weighted by atomic mass is 10.1. The zero-order chi connectivity index (χ0) is 16.5. The molecule has 0 aliphatic carbocycles. The molecule has 22 heavy (non-hydrogen) atoms. The summed E-state index contributed by atoms with van der Waals surface area (Å²) in [6.07, 6.45) is 1.09. The topological polar surface area (TPSA) is 108 Å². The zero-order valence-corrected chi connectivity index (χ0v) is 12.7. The second-order valence-corrected chi connectivity index (χ2v) is 6.90. The Morgan fingerprint density at radius 2 is 1.91 bits per heavy atom. The van der Waals surface area contributed by atoms with Crippen LogP contribution in [0.3, 0.4) is 0 Å². The van der Waals surface area contributed by atoms with E-state index in [4.69, 9.17) is 5.11 Å². The number of benzene rings is 1. The number of carboxylic acid groups (broad SMARTS) is 1. The maximum Gasteiger partial charge on any atom is 0.337 e. The largest absolute Gasteiger partial charge is 0.478 e. The summed E-state index contributed by atoms with van der Waals surface area (Å²) in [6.45, 7) is 0. The van der Waals surface area contributed by atoms with Crippen molar-refractivity contribution in [3.05, 3.63) is 52.4 Å². The molecule has 0 spiro atoms. The van der Waals surface area contributed by atoms with Crippen molar-refractivity contribution in [3.8, 4) is 11.1 Å². The predicted molar refractivity (Wildman–Crippen MR) is 80.3 cm³/mol. The number of aromatic nitrogens is 1. The average Bonchev–Trinajstić information content (AvgIpc) is 2.47. The monoisotopic (exact) mass is 322 g/mol. The number of pyridine rings is 1. The Hall–Kier alpha value is -2.45. The van der Waals surface area contributed by atoms with Crippen LogP contribution in [0.4, 0.5) is 0 Å². The maximum atomic E-state index is 12.1. The molecule has 7 nitrogen and oxygen atoms in total. The van der Waals surface area contributed by atoms with Crippen LogP contribution in [0.15, 0.2) is 46.2 Å². The molecule has 2 N–H and O–H groups in total. The number of sulfonamides is 1. The van der Waals surface area contributed by atoms with Crippen molar-refractivity contribution in [2.24, 2.45) is 0 Å². The molecule has 116 valence electrons. The molecule has 0 atom stereocenters. The summed E-state index contributed by atoms with van der Waals surface area (Å²) < 4.78 is 25.3. The SMILES string of the molecule is CN(C)S(=O)(=O)c1cccc(-c2cc(C(=O)O)c[nH]c2=O)c1. The third-order valence-electron chi connectivity index (χ3n) is 3.07. The number of hydrogen-bond donors (Lipinski definition) is 2. The Balaban J connectivity index is 2.63. The number of nitrogens with one attached hydrogen (secondary N) is 1. The van der Waals surface area contributed by atoms with E-state index < -0.39 is 21.6 Å². The van der Waals surface area contributed by atoms with E-state index in [0.717, 1.165) is 10.5 Å². The molecule has 0 saturated heterocycles. The third kappa shape index (κ3) is 2.92. The lowest BCUT2D eigenvalue weighted by molar-refractivity contribution is 0.0696. The number of aromatic carboxylic acids is 1. The van der Waals surface area contributed by atoms with Crippen molar-refractivity contribution >= 4 is 16.0 Å². The molecule has 0 saturated carbocycles. The normalized spacial score (nSPS) is 11.6. The van der Waals surface area contributed by atoms with Gasteiger partial charge in [0.1, 0.15) is 0 Å². The summed E-state index contributed by atoms with van der Waals surface area (Å²) in [5.74, 6) is -1.19. The predicted octanol–water partition coefficient (Wildman–Crippen LogP) is 0.990. The van der Waals surface area contributed by atoms with Gasteiger partial charge < -0.3 is 10.1 Å². The van der Waals surface area contributed by atoms with Crippen LogP contribution in [0.1, 0.15) is 10.4 Å². The highest BCUT2D eigenvalue weighted by Crippen LogP contribution is 2.21. The van der Waals surface area contributed by atoms with E-state index in [1.807, 2.05) is 0 Å². The van der Waals surface area contributed by atoms with E-state index in [2.05, 4.69) is 4.98 Å². The lowest BCUT2D eigenvalue weighted by Crippen LogP contribution is -2.22. The Morgan fingerprint density at radius 1 is 1.23 bits per heavy atom. The quantitative estimate of drug-likeness (QED) is 0.873. The first-order chi connectivity index (χ1) is 10.2. The van der Waals surface area contributed by atoms with Crippen LogP contribution >= 0.6 is 0 Å². The van der Waals surface area contributed by atoms with E-state index in [-0.39, 0.29) is 16.0 Å². The molecular formula is C14H14N2O5S. The van der Waals surface area contributed by atoms with Gasteiger partial charge >= 0.3 is 5.97 Å². The number of rotatable bonds is 4. The van der Waals surface area contributed by atoms with Gasteiger partial charge in [-0.2, -0.15) is 0 Å². The number of carboxylic acids is 1. The van der Waals surface area contributed by atoms with Crippen LogP contribution in [0.2, 0.25) is 0 Å². The molecular weight excluding hydrogens is 308 g/mol. The standard InChI is InChI=1S/C14H14N2O5S/c1-16(2)22(20,21)11-5-3-4-9(6-11)12-7-10(14(18)19)8-15-13(12)17/h3-8H,1-2H3,(H,15,17)(H,18,19). The minimum Gasteiger partial charge on any atom is -0.478 e. The van der Waals surface area contributed by atoms with E-state index in [0.29, 0.717) is 5.56 Å². The molecule has 0 radical (unpaired) electrons. The van der Waals surface area contributed by atoms with E-state index in [9.17, 15) is 18.0 Å². The van der Waals surface area contributed by atoms with Crippen LogP contribution in [-0.2, 0) is 10.0 Å². The van der Waals surface area contributed by atoms with E-state index in [1.165, 1.54) is 38.4 Å². The van der Waals surface area contributed by atoms with E-state index >= 15 is 0 Å². The summed E-state index contributed by atoms with van der Waals surface area (Å²) in [7, 11) is -0.837. The summed E-state index contributed by atoms with van der Waals surface area (Å²) in [5.41, 5.74) is -0.164. The lowest BCUT2D eigenvalue weighted by Gasteiger charge is -2.12. The highest BCUT2D eigenvalue weighted by atomic mass is 32.2. The minimum absolute atomic E-state index is 0.0233. The Kier molecular flexibility index (Phi) is 4.16. The first kappa shape index (κ1) is 15.9. The Morgan fingerprint density at radius 3 is 2.50 bits per heavy atom. The summed E-state index contributed by atoms with van der Waals surface area (Å²) in [4.78, 5) is 25.2. The molecule has 1 aromatic heterocycles. The molecule has 8 heteroatoms. The van der Waals surface area contributed by atoms with Crippen LogP contribution in [-0.4, -0.2) is 42.9 Å². The van der Waals surface area contributed by atoms with Gasteiger partial charge in [-0.05, 0) is 23.8 Å². The van der Waals surface area contributed by atoms with Crippen LogP contribution in [0, 0.1) is 0 Å². The molecule has 1 aromatic carbocycles. The molecule has 0 aliphatic rings. The molecule has 2 aromatic rings. The van der Waals surface area contributed by atoms with Crippen LogP contribution in [0.25, 0.3) is 11.1 Å². The fourth-order valence-electron chi connectivity index (χ4n) is 1.86. The van der Waals surface area contributed by atoms with Crippen LogP contribution < -0.4 is 5.56 Å². The van der Waals surface area contributed by atoms with Crippen molar-refractivity contribution in [3.63, 3.8) is 0 Å². The fraction of sp³-hybridized carbons (Fsp3) is 0.143. The van der Waals surface area contributed by atoms with Gasteiger partial charge in [-0.25, -0.2) is 17.5 Å². The number of aromatic amines is 1. The first-order valence-corrected chi connectivity index (χ1v) is 7.66. The average molecular weight is 322 g/mol. The number of carbonyl (C=O) groups is 1. The highest BCUT2D eigenvalue weighted by Gasteiger charge is 2.18. The molecule has 0 aliphatic heterocycles. The van der Waals surface area contributed by atoms with Gasteiger partial charge in [0.2, 0.25) is 10.0 Å². The Labute approximate surface area is 126 Å².